The first-order valence-corrected chi connectivity index (χ1v) is 10.7. The second-order valence-corrected chi connectivity index (χ2v) is 7.78. The zero-order chi connectivity index (χ0) is 22.2. The highest BCUT2D eigenvalue weighted by atomic mass is 16.5. The van der Waals surface area contributed by atoms with E-state index in [-0.39, 0.29) is 17.4 Å². The number of fused-ring (bicyclic) bond motifs is 2. The smallest absolute Gasteiger partial charge is 0.265 e. The molecule has 1 aromatic heterocycles. The van der Waals surface area contributed by atoms with Gasteiger partial charge in [0, 0.05) is 18.7 Å². The molecule has 6 heteroatoms. The molecule has 1 amide bonds. The van der Waals surface area contributed by atoms with Crippen LogP contribution in [0.1, 0.15) is 24.2 Å². The van der Waals surface area contributed by atoms with E-state index in [2.05, 4.69) is 0 Å². The molecule has 5 rings (SSSR count). The van der Waals surface area contributed by atoms with Gasteiger partial charge in [-0.3, -0.25) is 14.2 Å². The number of hydrogen-bond acceptors (Lipinski definition) is 4. The molecule has 0 aliphatic carbocycles. The number of likely N-dealkylation sites (N-methyl/N-ethyl adjacent to an activating group) is 1. The normalized spacial score (nSPS) is 15.2. The van der Waals surface area contributed by atoms with Crippen molar-refractivity contribution in [3.05, 3.63) is 94.5 Å². The summed E-state index contributed by atoms with van der Waals surface area (Å²) in [5.41, 5.74) is 3.08. The van der Waals surface area contributed by atoms with Crippen molar-refractivity contribution in [2.45, 2.75) is 19.3 Å². The van der Waals surface area contributed by atoms with Crippen LogP contribution in [0.15, 0.2) is 77.6 Å². The summed E-state index contributed by atoms with van der Waals surface area (Å²) in [7, 11) is 1.60. The van der Waals surface area contributed by atoms with Gasteiger partial charge in [0.25, 0.3) is 5.56 Å². The predicted octanol–water partition coefficient (Wildman–Crippen LogP) is 4.09. The number of nitrogens with zero attached hydrogens (tertiary/aromatic N) is 3. The van der Waals surface area contributed by atoms with Gasteiger partial charge in [0.2, 0.25) is 5.91 Å². The van der Waals surface area contributed by atoms with Crippen molar-refractivity contribution >= 4 is 22.5 Å². The predicted molar refractivity (Wildman–Crippen MR) is 125 cm³/mol. The molecule has 4 aromatic rings. The number of methoxy groups -OCH3 is 1. The van der Waals surface area contributed by atoms with E-state index in [0.717, 1.165) is 11.3 Å². The maximum absolute atomic E-state index is 13.5. The van der Waals surface area contributed by atoms with E-state index >= 15 is 0 Å². The van der Waals surface area contributed by atoms with Gasteiger partial charge in [-0.2, -0.15) is 0 Å². The molecule has 0 spiro atoms. The summed E-state index contributed by atoms with van der Waals surface area (Å²) in [5.74, 6) is 0.918. The Morgan fingerprint density at radius 2 is 1.66 bits per heavy atom. The van der Waals surface area contributed by atoms with E-state index in [0.29, 0.717) is 41.1 Å². The third-order valence-electron chi connectivity index (χ3n) is 6.05. The monoisotopic (exact) mass is 425 g/mol. The molecule has 160 valence electrons. The highest BCUT2D eigenvalue weighted by Crippen LogP contribution is 2.38. The van der Waals surface area contributed by atoms with Crippen LogP contribution in [0.5, 0.6) is 5.75 Å². The van der Waals surface area contributed by atoms with Gasteiger partial charge in [-0.1, -0.05) is 30.3 Å². The van der Waals surface area contributed by atoms with E-state index in [4.69, 9.17) is 9.72 Å². The zero-order valence-electron chi connectivity index (χ0n) is 18.0. The van der Waals surface area contributed by atoms with Crippen molar-refractivity contribution in [1.29, 1.82) is 0 Å². The van der Waals surface area contributed by atoms with E-state index in [9.17, 15) is 9.59 Å². The van der Waals surface area contributed by atoms with Gasteiger partial charge in [0.05, 0.1) is 29.6 Å². The quantitative estimate of drug-likeness (QED) is 0.483. The van der Waals surface area contributed by atoms with Crippen molar-refractivity contribution in [2.75, 3.05) is 18.6 Å². The summed E-state index contributed by atoms with van der Waals surface area (Å²) in [4.78, 5) is 33.4. The minimum Gasteiger partial charge on any atom is -0.497 e. The lowest BCUT2D eigenvalue weighted by Crippen LogP contribution is -2.31. The number of carbonyl (C=O) groups is 1. The maximum atomic E-state index is 13.5. The first-order valence-electron chi connectivity index (χ1n) is 10.7. The molecule has 0 saturated carbocycles. The van der Waals surface area contributed by atoms with Crippen LogP contribution in [-0.4, -0.2) is 29.1 Å². The van der Waals surface area contributed by atoms with Crippen LogP contribution in [0, 0.1) is 0 Å². The number of para-hydroxylation sites is 2. The fourth-order valence-corrected chi connectivity index (χ4v) is 4.49. The van der Waals surface area contributed by atoms with Crippen molar-refractivity contribution < 1.29 is 9.53 Å². The Bertz CT molecular complexity index is 1380. The summed E-state index contributed by atoms with van der Waals surface area (Å²) in [6, 6.07) is 22.5. The van der Waals surface area contributed by atoms with Gasteiger partial charge in [0.1, 0.15) is 11.6 Å². The Kier molecular flexibility index (Phi) is 4.98. The van der Waals surface area contributed by atoms with Crippen LogP contribution in [-0.2, 0) is 11.2 Å². The van der Waals surface area contributed by atoms with E-state index in [1.807, 2.05) is 73.7 Å². The first kappa shape index (κ1) is 20.0. The molecule has 1 aliphatic rings. The van der Waals surface area contributed by atoms with Crippen molar-refractivity contribution in [3.63, 3.8) is 0 Å². The van der Waals surface area contributed by atoms with Gasteiger partial charge in [0.15, 0.2) is 0 Å². The number of hydrogen-bond donors (Lipinski definition) is 0. The molecule has 32 heavy (non-hydrogen) atoms. The topological polar surface area (TPSA) is 64.4 Å². The van der Waals surface area contributed by atoms with Crippen molar-refractivity contribution in [2.24, 2.45) is 0 Å². The Hall–Kier alpha value is -3.93. The Labute approximate surface area is 185 Å². The van der Waals surface area contributed by atoms with Gasteiger partial charge in [-0.15, -0.1) is 0 Å². The van der Waals surface area contributed by atoms with Gasteiger partial charge in [-0.25, -0.2) is 4.98 Å². The number of amides is 1. The van der Waals surface area contributed by atoms with Crippen LogP contribution in [0.25, 0.3) is 16.6 Å². The van der Waals surface area contributed by atoms with Crippen LogP contribution in [0.3, 0.4) is 0 Å². The van der Waals surface area contributed by atoms with Crippen LogP contribution in [0.4, 0.5) is 5.69 Å². The molecule has 1 atom stereocenters. The fraction of sp³-hybridized carbons (Fsp3) is 0.192. The highest BCUT2D eigenvalue weighted by molar-refractivity contribution is 6.05. The Morgan fingerprint density at radius 3 is 2.41 bits per heavy atom. The summed E-state index contributed by atoms with van der Waals surface area (Å²) in [6.45, 7) is 2.57. The van der Waals surface area contributed by atoms with Gasteiger partial charge >= 0.3 is 0 Å². The molecule has 3 aromatic carbocycles. The summed E-state index contributed by atoms with van der Waals surface area (Å²) >= 11 is 0. The number of carbonyl (C=O) groups excluding carboxylic acids is 1. The van der Waals surface area contributed by atoms with Crippen LogP contribution >= 0.6 is 0 Å². The van der Waals surface area contributed by atoms with Crippen LogP contribution in [0.2, 0.25) is 0 Å². The highest BCUT2D eigenvalue weighted by Gasteiger charge is 2.37. The summed E-state index contributed by atoms with van der Waals surface area (Å²) in [5, 5.41) is 0.542. The summed E-state index contributed by atoms with van der Waals surface area (Å²) in [6.07, 6.45) is 0.332. The molecule has 6 nitrogen and oxygen atoms in total. The average molecular weight is 425 g/mol. The molecule has 0 radical (unpaired) electrons. The SMILES string of the molecule is CCN1C(=O)[C@@H](Cc2nc3ccccc3c(=O)n2-c2ccc(OC)cc2)c2ccccc21. The van der Waals surface area contributed by atoms with Crippen molar-refractivity contribution in [1.82, 2.24) is 9.55 Å². The molecule has 0 saturated heterocycles. The third-order valence-corrected chi connectivity index (χ3v) is 6.05. The van der Waals surface area contributed by atoms with Crippen LogP contribution < -0.4 is 15.2 Å². The molecular formula is C26H23N3O3. The van der Waals surface area contributed by atoms with E-state index in [1.165, 1.54) is 0 Å². The molecule has 0 fully saturated rings. The lowest BCUT2D eigenvalue weighted by Gasteiger charge is -2.17. The molecular weight excluding hydrogens is 402 g/mol. The second kappa shape index (κ2) is 7.96. The van der Waals surface area contributed by atoms with E-state index < -0.39 is 0 Å². The standard InChI is InChI=1S/C26H23N3O3/c1-3-28-23-11-7-5-8-19(23)21(25(28)30)16-24-27-22-10-6-4-9-20(22)26(31)29(24)17-12-14-18(32-2)15-13-17/h4-15,21H,3,16H2,1-2H3/t21-/m0/s1. The fourth-order valence-electron chi connectivity index (χ4n) is 4.49. The average Bonchev–Trinajstić information content (AvgIpc) is 3.10. The minimum atomic E-state index is -0.385. The Balaban J connectivity index is 1.68. The van der Waals surface area contributed by atoms with Gasteiger partial charge in [-0.05, 0) is 55.0 Å². The lowest BCUT2D eigenvalue weighted by atomic mass is 9.96. The molecule has 0 N–H and O–H groups in total. The number of rotatable bonds is 5. The Morgan fingerprint density at radius 1 is 0.938 bits per heavy atom. The summed E-state index contributed by atoms with van der Waals surface area (Å²) < 4.78 is 6.88. The number of benzene rings is 3. The second-order valence-electron chi connectivity index (χ2n) is 7.78. The molecule has 0 unspecified atom stereocenters. The molecule has 1 aliphatic heterocycles. The van der Waals surface area contributed by atoms with E-state index in [1.54, 1.807) is 22.6 Å². The largest absolute Gasteiger partial charge is 0.497 e. The molecule has 2 heterocycles. The number of anilines is 1. The maximum Gasteiger partial charge on any atom is 0.265 e. The number of ether oxygens (including phenoxy) is 1. The third kappa shape index (κ3) is 3.15. The van der Waals surface area contributed by atoms with Gasteiger partial charge < -0.3 is 9.64 Å². The lowest BCUT2D eigenvalue weighted by molar-refractivity contribution is -0.119. The first-order chi connectivity index (χ1) is 15.6. The van der Waals surface area contributed by atoms with Crippen molar-refractivity contribution in [3.8, 4) is 11.4 Å². The minimum absolute atomic E-state index is 0.0392. The molecule has 0 bridgehead atoms. The zero-order valence-corrected chi connectivity index (χ0v) is 18.0. The number of aromatic nitrogens is 2.